The number of hydrogen-bond acceptors (Lipinski definition) is 6. The lowest BCUT2D eigenvalue weighted by Gasteiger charge is -2.35. The summed E-state index contributed by atoms with van der Waals surface area (Å²) in [6.45, 7) is 7.21. The molecule has 90 valence electrons. The summed E-state index contributed by atoms with van der Waals surface area (Å²) in [4.78, 5) is 2.17. The van der Waals surface area contributed by atoms with E-state index in [9.17, 15) is 0 Å². The van der Waals surface area contributed by atoms with Crippen LogP contribution in [0.3, 0.4) is 0 Å². The van der Waals surface area contributed by atoms with E-state index in [1.807, 2.05) is 18.7 Å². The van der Waals surface area contributed by atoms with Gasteiger partial charge in [-0.05, 0) is 13.8 Å². The van der Waals surface area contributed by atoms with Gasteiger partial charge in [0.2, 0.25) is 5.89 Å². The lowest BCUT2D eigenvalue weighted by atomic mass is 10.2. The van der Waals surface area contributed by atoms with E-state index in [-0.39, 0.29) is 6.04 Å². The second kappa shape index (κ2) is 4.63. The highest BCUT2D eigenvalue weighted by Gasteiger charge is 2.29. The Kier molecular flexibility index (Phi) is 3.39. The largest absolute Gasteiger partial charge is 0.406 e. The van der Waals surface area contributed by atoms with E-state index < -0.39 is 0 Å². The van der Waals surface area contributed by atoms with Crippen LogP contribution in [0.2, 0.25) is 0 Å². The molecule has 1 aliphatic heterocycles. The molecule has 0 aromatic carbocycles. The molecule has 2 heterocycles. The van der Waals surface area contributed by atoms with Gasteiger partial charge in [0.05, 0.1) is 6.04 Å². The normalized spacial score (nSPS) is 28.1. The lowest BCUT2D eigenvalue weighted by Crippen LogP contribution is -2.44. The van der Waals surface area contributed by atoms with E-state index in [4.69, 9.17) is 10.2 Å². The van der Waals surface area contributed by atoms with E-state index >= 15 is 0 Å². The molecule has 6 heteroatoms. The summed E-state index contributed by atoms with van der Waals surface area (Å²) in [6.07, 6.45) is 0. The first-order chi connectivity index (χ1) is 7.59. The van der Waals surface area contributed by atoms with Crippen molar-refractivity contribution in [2.75, 3.05) is 17.2 Å². The predicted octanol–water partition coefficient (Wildman–Crippen LogP) is 1.42. The molecule has 1 saturated heterocycles. The Labute approximate surface area is 99.8 Å². The van der Waals surface area contributed by atoms with E-state index in [0.29, 0.717) is 23.2 Å². The van der Waals surface area contributed by atoms with Crippen LogP contribution in [-0.4, -0.2) is 33.8 Å². The molecule has 0 radical (unpaired) electrons. The first kappa shape index (κ1) is 11.7. The Morgan fingerprint density at radius 3 is 2.88 bits per heavy atom. The first-order valence-corrected chi connectivity index (χ1v) is 6.61. The van der Waals surface area contributed by atoms with Gasteiger partial charge in [0.25, 0.3) is 0 Å². The number of nitrogens with two attached hydrogens (primary N) is 1. The summed E-state index contributed by atoms with van der Waals surface area (Å²) < 4.78 is 5.57. The van der Waals surface area contributed by atoms with Crippen molar-refractivity contribution in [1.82, 2.24) is 10.2 Å². The fourth-order valence-corrected chi connectivity index (χ4v) is 2.83. The number of thioether (sulfide) groups is 1. The van der Waals surface area contributed by atoms with Crippen LogP contribution in [0.25, 0.3) is 0 Å². The molecule has 0 aliphatic carbocycles. The summed E-state index contributed by atoms with van der Waals surface area (Å²) in [6, 6.07) is 0.820. The maximum absolute atomic E-state index is 5.70. The van der Waals surface area contributed by atoms with Crippen LogP contribution in [0.1, 0.15) is 32.7 Å². The zero-order valence-electron chi connectivity index (χ0n) is 9.88. The van der Waals surface area contributed by atoms with Crippen LogP contribution in [0.5, 0.6) is 0 Å². The maximum atomic E-state index is 5.70. The Morgan fingerprint density at radius 1 is 1.50 bits per heavy atom. The van der Waals surface area contributed by atoms with Crippen molar-refractivity contribution >= 4 is 17.8 Å². The van der Waals surface area contributed by atoms with Gasteiger partial charge in [-0.15, -0.1) is 5.10 Å². The van der Waals surface area contributed by atoms with Crippen LogP contribution in [0.4, 0.5) is 6.01 Å². The fourth-order valence-electron chi connectivity index (χ4n) is 1.73. The fraction of sp³-hybridized carbons (Fsp3) is 0.800. The third-order valence-corrected chi connectivity index (χ3v) is 4.29. The molecule has 0 saturated carbocycles. The highest BCUT2D eigenvalue weighted by atomic mass is 32.2. The third-order valence-electron chi connectivity index (χ3n) is 2.95. The van der Waals surface area contributed by atoms with Crippen molar-refractivity contribution in [3.8, 4) is 0 Å². The summed E-state index contributed by atoms with van der Waals surface area (Å²) in [7, 11) is 0. The Balaban J connectivity index is 2.16. The zero-order valence-corrected chi connectivity index (χ0v) is 10.7. The standard InChI is InChI=1S/C10H18N4OS/c1-6(11)9-12-13-10(15-9)14-4-5-16-8(3)7(14)2/h6-8H,4-5,11H2,1-3H3. The van der Waals surface area contributed by atoms with Crippen molar-refractivity contribution in [2.45, 2.75) is 38.1 Å². The van der Waals surface area contributed by atoms with Crippen LogP contribution in [0.15, 0.2) is 4.42 Å². The minimum Gasteiger partial charge on any atom is -0.406 e. The number of aromatic nitrogens is 2. The molecular weight excluding hydrogens is 224 g/mol. The molecule has 1 aromatic rings. The Morgan fingerprint density at radius 2 is 2.25 bits per heavy atom. The molecule has 0 spiro atoms. The molecule has 3 atom stereocenters. The highest BCUT2D eigenvalue weighted by molar-refractivity contribution is 8.00. The molecule has 3 unspecified atom stereocenters. The van der Waals surface area contributed by atoms with Crippen molar-refractivity contribution in [3.63, 3.8) is 0 Å². The summed E-state index contributed by atoms with van der Waals surface area (Å²) in [5.74, 6) is 1.61. The summed E-state index contributed by atoms with van der Waals surface area (Å²) in [5, 5.41) is 8.61. The molecule has 2 rings (SSSR count). The molecule has 16 heavy (non-hydrogen) atoms. The Bertz CT molecular complexity index is 354. The lowest BCUT2D eigenvalue weighted by molar-refractivity contribution is 0.443. The SMILES string of the molecule is CC(N)c1nnc(N2CCSC(C)C2C)o1. The maximum Gasteiger partial charge on any atom is 0.318 e. The van der Waals surface area contributed by atoms with Gasteiger partial charge in [0.1, 0.15) is 0 Å². The van der Waals surface area contributed by atoms with Crippen molar-refractivity contribution in [1.29, 1.82) is 0 Å². The van der Waals surface area contributed by atoms with Crippen molar-refractivity contribution in [2.24, 2.45) is 5.73 Å². The smallest absolute Gasteiger partial charge is 0.318 e. The summed E-state index contributed by atoms with van der Waals surface area (Å²) >= 11 is 1.98. The quantitative estimate of drug-likeness (QED) is 0.846. The van der Waals surface area contributed by atoms with Gasteiger partial charge in [0.15, 0.2) is 0 Å². The number of anilines is 1. The third kappa shape index (κ3) is 2.17. The van der Waals surface area contributed by atoms with Crippen LogP contribution < -0.4 is 10.6 Å². The minimum absolute atomic E-state index is 0.201. The molecule has 1 aliphatic rings. The molecule has 2 N–H and O–H groups in total. The van der Waals surface area contributed by atoms with E-state index in [2.05, 4.69) is 28.9 Å². The van der Waals surface area contributed by atoms with Crippen LogP contribution in [0, 0.1) is 0 Å². The van der Waals surface area contributed by atoms with E-state index in [1.165, 1.54) is 0 Å². The molecule has 5 nitrogen and oxygen atoms in total. The average molecular weight is 242 g/mol. The molecule has 1 fully saturated rings. The van der Waals surface area contributed by atoms with Gasteiger partial charge in [-0.2, -0.15) is 11.8 Å². The van der Waals surface area contributed by atoms with Gasteiger partial charge in [0, 0.05) is 23.6 Å². The molecule has 0 amide bonds. The van der Waals surface area contributed by atoms with Gasteiger partial charge in [-0.25, -0.2) is 0 Å². The number of nitrogens with zero attached hydrogens (tertiary/aromatic N) is 3. The predicted molar refractivity (Wildman–Crippen MR) is 65.6 cm³/mol. The molecular formula is C10H18N4OS. The van der Waals surface area contributed by atoms with E-state index in [1.54, 1.807) is 0 Å². The second-order valence-corrected chi connectivity index (χ2v) is 5.71. The average Bonchev–Trinajstić information content (AvgIpc) is 2.71. The Hall–Kier alpha value is -0.750. The molecule has 1 aromatic heterocycles. The van der Waals surface area contributed by atoms with Crippen molar-refractivity contribution < 1.29 is 4.42 Å². The van der Waals surface area contributed by atoms with Crippen LogP contribution >= 0.6 is 11.8 Å². The molecule has 0 bridgehead atoms. The van der Waals surface area contributed by atoms with Crippen molar-refractivity contribution in [3.05, 3.63) is 5.89 Å². The number of rotatable bonds is 2. The minimum atomic E-state index is -0.201. The van der Waals surface area contributed by atoms with Gasteiger partial charge >= 0.3 is 6.01 Å². The van der Waals surface area contributed by atoms with Crippen LogP contribution in [-0.2, 0) is 0 Å². The highest BCUT2D eigenvalue weighted by Crippen LogP contribution is 2.28. The van der Waals surface area contributed by atoms with Gasteiger partial charge < -0.3 is 15.1 Å². The topological polar surface area (TPSA) is 68.2 Å². The summed E-state index contributed by atoms with van der Waals surface area (Å²) in [5.41, 5.74) is 5.70. The second-order valence-electron chi connectivity index (χ2n) is 4.22. The van der Waals surface area contributed by atoms with Gasteiger partial charge in [-0.1, -0.05) is 12.0 Å². The van der Waals surface area contributed by atoms with Gasteiger partial charge in [-0.3, -0.25) is 0 Å². The van der Waals surface area contributed by atoms with E-state index in [0.717, 1.165) is 12.3 Å². The number of hydrogen-bond donors (Lipinski definition) is 1. The monoisotopic (exact) mass is 242 g/mol. The zero-order chi connectivity index (χ0) is 11.7. The first-order valence-electron chi connectivity index (χ1n) is 5.57.